The van der Waals surface area contributed by atoms with E-state index in [0.29, 0.717) is 5.92 Å². The summed E-state index contributed by atoms with van der Waals surface area (Å²) in [5.41, 5.74) is 1.11. The van der Waals surface area contributed by atoms with E-state index in [9.17, 15) is 0 Å². The van der Waals surface area contributed by atoms with Crippen molar-refractivity contribution >= 4 is 5.82 Å². The minimum absolute atomic E-state index is 0.651. The minimum Gasteiger partial charge on any atom is -0.370 e. The second kappa shape index (κ2) is 5.61. The van der Waals surface area contributed by atoms with E-state index in [2.05, 4.69) is 38.3 Å². The largest absolute Gasteiger partial charge is 0.370 e. The first-order valence-electron chi connectivity index (χ1n) is 8.53. The summed E-state index contributed by atoms with van der Waals surface area (Å²) in [4.78, 5) is 2.69. The van der Waals surface area contributed by atoms with Crippen molar-refractivity contribution < 1.29 is 0 Å². The zero-order valence-electron chi connectivity index (χ0n) is 13.0. The molecule has 1 saturated heterocycles. The van der Waals surface area contributed by atoms with Crippen LogP contribution in [0.2, 0.25) is 0 Å². The molecule has 21 heavy (non-hydrogen) atoms. The monoisotopic (exact) mass is 289 g/mol. The maximum Gasteiger partial charge on any atom is 0.124 e. The summed E-state index contributed by atoms with van der Waals surface area (Å²) in [6.07, 6.45) is 5.53. The molecule has 1 saturated carbocycles. The number of nitrogens with one attached hydrogen (secondary N) is 2. The third-order valence-electron chi connectivity index (χ3n) is 5.19. The lowest BCUT2D eigenvalue weighted by Crippen LogP contribution is -2.46. The summed E-state index contributed by atoms with van der Waals surface area (Å²) < 4.78 is 2.13. The van der Waals surface area contributed by atoms with Crippen LogP contribution in [0.5, 0.6) is 0 Å². The molecular weight excluding hydrogens is 262 g/mol. The van der Waals surface area contributed by atoms with Crippen LogP contribution in [0.25, 0.3) is 0 Å². The first kappa shape index (κ1) is 13.6. The molecule has 2 fully saturated rings. The van der Waals surface area contributed by atoms with Crippen LogP contribution in [0.4, 0.5) is 5.82 Å². The third-order valence-corrected chi connectivity index (χ3v) is 5.19. The quantitative estimate of drug-likeness (QED) is 0.881. The lowest BCUT2D eigenvalue weighted by atomic mass is 10.0. The van der Waals surface area contributed by atoms with Crippen LogP contribution in [0.15, 0.2) is 6.07 Å². The molecule has 4 rings (SSSR count). The van der Waals surface area contributed by atoms with Crippen molar-refractivity contribution in [1.82, 2.24) is 20.0 Å². The number of nitrogens with zero attached hydrogens (tertiary/aromatic N) is 3. The highest BCUT2D eigenvalue weighted by atomic mass is 15.3. The lowest BCUT2D eigenvalue weighted by Gasteiger charge is -2.34. The first-order valence-corrected chi connectivity index (χ1v) is 8.53. The van der Waals surface area contributed by atoms with E-state index in [1.165, 1.54) is 44.6 Å². The van der Waals surface area contributed by atoms with Gasteiger partial charge in [0.15, 0.2) is 0 Å². The van der Waals surface area contributed by atoms with E-state index in [1.807, 2.05) is 0 Å². The normalized spacial score (nSPS) is 27.4. The van der Waals surface area contributed by atoms with Gasteiger partial charge in [-0.05, 0) is 45.7 Å². The Morgan fingerprint density at radius 1 is 1.29 bits per heavy atom. The summed E-state index contributed by atoms with van der Waals surface area (Å²) >= 11 is 0. The maximum absolute atomic E-state index is 4.55. The van der Waals surface area contributed by atoms with Gasteiger partial charge in [0.25, 0.3) is 0 Å². The van der Waals surface area contributed by atoms with Gasteiger partial charge in [0.05, 0.1) is 5.69 Å². The molecule has 2 aliphatic heterocycles. The van der Waals surface area contributed by atoms with Gasteiger partial charge in [-0.2, -0.15) is 5.10 Å². The summed E-state index contributed by atoms with van der Waals surface area (Å²) in [5.74, 6) is 1.83. The molecule has 1 aliphatic carbocycles. The van der Waals surface area contributed by atoms with Crippen molar-refractivity contribution in [3.05, 3.63) is 11.8 Å². The zero-order chi connectivity index (χ0) is 14.2. The highest BCUT2D eigenvalue weighted by Gasteiger charge is 2.31. The predicted octanol–water partition coefficient (Wildman–Crippen LogP) is 1.45. The van der Waals surface area contributed by atoms with Crippen LogP contribution >= 0.6 is 0 Å². The van der Waals surface area contributed by atoms with Crippen molar-refractivity contribution in [2.75, 3.05) is 31.5 Å². The summed E-state index contributed by atoms with van der Waals surface area (Å²) in [6, 6.07) is 3.80. The van der Waals surface area contributed by atoms with Gasteiger partial charge in [-0.15, -0.1) is 0 Å². The molecule has 0 amide bonds. The van der Waals surface area contributed by atoms with Crippen molar-refractivity contribution in [1.29, 1.82) is 0 Å². The molecule has 5 nitrogen and oxygen atoms in total. The van der Waals surface area contributed by atoms with E-state index >= 15 is 0 Å². The molecule has 116 valence electrons. The minimum atomic E-state index is 0.651. The molecule has 3 heterocycles. The van der Waals surface area contributed by atoms with Crippen LogP contribution in [-0.4, -0.2) is 52.9 Å². The standard InChI is InChI=1S/C16H27N5/c1-12-8-16-18-10-13(11-21(16)19-12)9-17-14-4-6-20(7-5-14)15-2-3-15/h8,13-15,17-18H,2-7,9-11H2,1H3/t13-/m0/s1. The second-order valence-corrected chi connectivity index (χ2v) is 7.05. The maximum atomic E-state index is 4.55. The molecule has 0 aromatic carbocycles. The van der Waals surface area contributed by atoms with E-state index in [0.717, 1.165) is 37.4 Å². The highest BCUT2D eigenvalue weighted by Crippen LogP contribution is 2.29. The molecule has 0 bridgehead atoms. The molecule has 1 aromatic heterocycles. The number of hydrogen-bond donors (Lipinski definition) is 2. The van der Waals surface area contributed by atoms with Gasteiger partial charge >= 0.3 is 0 Å². The third kappa shape index (κ3) is 3.09. The number of piperidine rings is 1. The lowest BCUT2D eigenvalue weighted by molar-refractivity contribution is 0.185. The Balaban J connectivity index is 1.23. The molecule has 0 spiro atoms. The summed E-state index contributed by atoms with van der Waals surface area (Å²) in [6.45, 7) is 7.89. The van der Waals surface area contributed by atoms with Crippen LogP contribution in [-0.2, 0) is 6.54 Å². The van der Waals surface area contributed by atoms with Crippen molar-refractivity contribution in [2.45, 2.75) is 51.2 Å². The van der Waals surface area contributed by atoms with Gasteiger partial charge < -0.3 is 15.5 Å². The second-order valence-electron chi connectivity index (χ2n) is 7.05. The van der Waals surface area contributed by atoms with E-state index in [1.54, 1.807) is 0 Å². The van der Waals surface area contributed by atoms with Gasteiger partial charge in [-0.25, -0.2) is 4.68 Å². The molecule has 3 aliphatic rings. The molecule has 2 N–H and O–H groups in total. The topological polar surface area (TPSA) is 45.1 Å². The number of fused-ring (bicyclic) bond motifs is 1. The Hall–Kier alpha value is -1.07. The summed E-state index contributed by atoms with van der Waals surface area (Å²) in [7, 11) is 0. The van der Waals surface area contributed by atoms with Crippen LogP contribution in [0.1, 0.15) is 31.4 Å². The van der Waals surface area contributed by atoms with Crippen molar-refractivity contribution in [3.63, 3.8) is 0 Å². The average Bonchev–Trinajstić information content (AvgIpc) is 3.27. The Labute approximate surface area is 127 Å². The van der Waals surface area contributed by atoms with Crippen LogP contribution in [0, 0.1) is 12.8 Å². The number of likely N-dealkylation sites (tertiary alicyclic amines) is 1. The van der Waals surface area contributed by atoms with Crippen LogP contribution < -0.4 is 10.6 Å². The smallest absolute Gasteiger partial charge is 0.124 e. The molecule has 0 unspecified atom stereocenters. The zero-order valence-corrected chi connectivity index (χ0v) is 13.0. The number of hydrogen-bond acceptors (Lipinski definition) is 4. The Bertz CT molecular complexity index is 485. The van der Waals surface area contributed by atoms with Gasteiger partial charge in [0, 0.05) is 43.7 Å². The summed E-state index contributed by atoms with van der Waals surface area (Å²) in [5, 5.41) is 11.9. The van der Waals surface area contributed by atoms with Gasteiger partial charge in [-0.3, -0.25) is 0 Å². The number of rotatable bonds is 4. The molecule has 1 aromatic rings. The Morgan fingerprint density at radius 3 is 2.86 bits per heavy atom. The van der Waals surface area contributed by atoms with E-state index in [4.69, 9.17) is 0 Å². The fourth-order valence-electron chi connectivity index (χ4n) is 3.76. The highest BCUT2D eigenvalue weighted by molar-refractivity contribution is 5.38. The SMILES string of the molecule is Cc1cc2n(n1)C[C@@H](CNC1CCN(C3CC3)CC1)CN2. The van der Waals surface area contributed by atoms with Gasteiger partial charge in [-0.1, -0.05) is 0 Å². The first-order chi connectivity index (χ1) is 10.3. The van der Waals surface area contributed by atoms with E-state index < -0.39 is 0 Å². The predicted molar refractivity (Wildman–Crippen MR) is 84.6 cm³/mol. The molecule has 5 heteroatoms. The molecule has 1 atom stereocenters. The Morgan fingerprint density at radius 2 is 2.10 bits per heavy atom. The van der Waals surface area contributed by atoms with Gasteiger partial charge in [0.1, 0.15) is 5.82 Å². The number of anilines is 1. The Kier molecular flexibility index (Phi) is 3.63. The average molecular weight is 289 g/mol. The van der Waals surface area contributed by atoms with Crippen molar-refractivity contribution in [3.8, 4) is 0 Å². The fraction of sp³-hybridized carbons (Fsp3) is 0.812. The fourth-order valence-corrected chi connectivity index (χ4v) is 3.76. The number of aryl methyl sites for hydroxylation is 1. The van der Waals surface area contributed by atoms with Crippen molar-refractivity contribution in [2.24, 2.45) is 5.92 Å². The van der Waals surface area contributed by atoms with E-state index in [-0.39, 0.29) is 0 Å². The number of aromatic nitrogens is 2. The van der Waals surface area contributed by atoms with Gasteiger partial charge in [0.2, 0.25) is 0 Å². The van der Waals surface area contributed by atoms with Crippen LogP contribution in [0.3, 0.4) is 0 Å². The molecular formula is C16H27N5. The molecule has 0 radical (unpaired) electrons.